The molecule has 9 heteroatoms. The lowest BCUT2D eigenvalue weighted by atomic mass is 9.92. The summed E-state index contributed by atoms with van der Waals surface area (Å²) in [5, 5.41) is 0.978. The highest BCUT2D eigenvalue weighted by molar-refractivity contribution is 6.35. The second-order valence-corrected chi connectivity index (χ2v) is 8.75. The van der Waals surface area contributed by atoms with E-state index >= 15 is 0 Å². The van der Waals surface area contributed by atoms with E-state index in [2.05, 4.69) is 4.98 Å². The summed E-state index contributed by atoms with van der Waals surface area (Å²) >= 11 is 12.6. The zero-order chi connectivity index (χ0) is 27.1. The van der Waals surface area contributed by atoms with Gasteiger partial charge in [-0.2, -0.15) is 0 Å². The second-order valence-electron chi connectivity index (χ2n) is 7.93. The van der Waals surface area contributed by atoms with Gasteiger partial charge in [0, 0.05) is 21.2 Å². The standard InChI is InChI=1S/C28H29Cl2NO6/c1-6-34-23-14-18(12-13-22(23)37-15-19-20(29)10-9-11-21(19)30)26-24(27(32)35-7-2)16(4)31-17(5)25(26)28(33)36-8-3/h9-14H,6-8,15H2,1-5H3. The molecule has 0 N–H and O–H groups in total. The predicted molar refractivity (Wildman–Crippen MR) is 143 cm³/mol. The van der Waals surface area contributed by atoms with Gasteiger partial charge in [0.15, 0.2) is 11.5 Å². The fourth-order valence-electron chi connectivity index (χ4n) is 3.92. The topological polar surface area (TPSA) is 84.0 Å². The first-order valence-electron chi connectivity index (χ1n) is 11.9. The first-order valence-corrected chi connectivity index (χ1v) is 12.7. The van der Waals surface area contributed by atoms with Crippen LogP contribution >= 0.6 is 23.2 Å². The average Bonchev–Trinajstić information content (AvgIpc) is 2.84. The maximum absolute atomic E-state index is 13.0. The lowest BCUT2D eigenvalue weighted by Gasteiger charge is -2.19. The van der Waals surface area contributed by atoms with Crippen LogP contribution in [0.1, 0.15) is 58.4 Å². The summed E-state index contributed by atoms with van der Waals surface area (Å²) in [6, 6.07) is 10.4. The Kier molecular flexibility index (Phi) is 9.78. The third kappa shape index (κ3) is 6.35. The van der Waals surface area contributed by atoms with Crippen molar-refractivity contribution in [3.63, 3.8) is 0 Å². The number of carbonyl (C=O) groups excluding carboxylic acids is 2. The lowest BCUT2D eigenvalue weighted by molar-refractivity contribution is 0.0525. The highest BCUT2D eigenvalue weighted by Gasteiger charge is 2.28. The fourth-order valence-corrected chi connectivity index (χ4v) is 4.42. The van der Waals surface area contributed by atoms with Gasteiger partial charge in [0.1, 0.15) is 6.61 Å². The third-order valence-corrected chi connectivity index (χ3v) is 6.19. The third-order valence-electron chi connectivity index (χ3n) is 5.48. The number of ether oxygens (including phenoxy) is 4. The van der Waals surface area contributed by atoms with Gasteiger partial charge in [0.25, 0.3) is 0 Å². The number of aromatic nitrogens is 1. The molecule has 1 heterocycles. The van der Waals surface area contributed by atoms with Crippen LogP contribution in [0.3, 0.4) is 0 Å². The van der Waals surface area contributed by atoms with Crippen LogP contribution in [0.15, 0.2) is 36.4 Å². The van der Waals surface area contributed by atoms with Gasteiger partial charge >= 0.3 is 11.9 Å². The molecule has 0 aliphatic rings. The number of halogens is 2. The largest absolute Gasteiger partial charge is 0.490 e. The number of hydrogen-bond donors (Lipinski definition) is 0. The van der Waals surface area contributed by atoms with E-state index in [1.165, 1.54) is 0 Å². The molecule has 0 aliphatic carbocycles. The Labute approximate surface area is 226 Å². The van der Waals surface area contributed by atoms with Gasteiger partial charge in [-0.05, 0) is 64.4 Å². The van der Waals surface area contributed by atoms with Crippen LogP contribution in [0.5, 0.6) is 11.5 Å². The van der Waals surface area contributed by atoms with Crippen molar-refractivity contribution in [3.8, 4) is 22.6 Å². The fraction of sp³-hybridized carbons (Fsp3) is 0.321. The molecule has 0 amide bonds. The minimum Gasteiger partial charge on any atom is -0.490 e. The molecule has 37 heavy (non-hydrogen) atoms. The molecule has 2 aromatic carbocycles. The van der Waals surface area contributed by atoms with Crippen LogP contribution in [-0.4, -0.2) is 36.7 Å². The highest BCUT2D eigenvalue weighted by Crippen LogP contribution is 2.39. The second kappa shape index (κ2) is 12.8. The number of nitrogens with zero attached hydrogens (tertiary/aromatic N) is 1. The molecule has 0 spiro atoms. The van der Waals surface area contributed by atoms with E-state index in [0.29, 0.717) is 56.2 Å². The summed E-state index contributed by atoms with van der Waals surface area (Å²) in [4.78, 5) is 30.5. The summed E-state index contributed by atoms with van der Waals surface area (Å²) in [5.74, 6) is -0.307. The van der Waals surface area contributed by atoms with Crippen molar-refractivity contribution >= 4 is 35.1 Å². The molecule has 0 saturated carbocycles. The molecule has 0 saturated heterocycles. The number of hydrogen-bond acceptors (Lipinski definition) is 7. The molecule has 3 aromatic rings. The van der Waals surface area contributed by atoms with E-state index in [0.717, 1.165) is 0 Å². The molecule has 3 rings (SSSR count). The number of rotatable bonds is 10. The van der Waals surface area contributed by atoms with Crippen LogP contribution in [0.25, 0.3) is 11.1 Å². The number of pyridine rings is 1. The normalized spacial score (nSPS) is 10.7. The van der Waals surface area contributed by atoms with Crippen LogP contribution in [0.4, 0.5) is 0 Å². The summed E-state index contributed by atoms with van der Waals surface area (Å²) < 4.78 is 22.5. The number of aryl methyl sites for hydroxylation is 2. The van der Waals surface area contributed by atoms with Crippen molar-refractivity contribution < 1.29 is 28.5 Å². The smallest absolute Gasteiger partial charge is 0.340 e. The number of benzene rings is 2. The molecule has 7 nitrogen and oxygen atoms in total. The van der Waals surface area contributed by atoms with E-state index < -0.39 is 11.9 Å². The molecule has 196 valence electrons. The van der Waals surface area contributed by atoms with Gasteiger partial charge in [0.05, 0.1) is 42.3 Å². The minimum atomic E-state index is -0.584. The van der Waals surface area contributed by atoms with E-state index in [1.807, 2.05) is 6.92 Å². The van der Waals surface area contributed by atoms with Gasteiger partial charge in [-0.15, -0.1) is 0 Å². The highest BCUT2D eigenvalue weighted by atomic mass is 35.5. The molecule has 0 bridgehead atoms. The van der Waals surface area contributed by atoms with Crippen molar-refractivity contribution in [2.24, 2.45) is 0 Å². The minimum absolute atomic E-state index is 0.119. The van der Waals surface area contributed by atoms with Crippen LogP contribution in [0, 0.1) is 13.8 Å². The van der Waals surface area contributed by atoms with Crippen molar-refractivity contribution in [3.05, 3.63) is 74.5 Å². The van der Waals surface area contributed by atoms with E-state index in [1.54, 1.807) is 64.1 Å². The van der Waals surface area contributed by atoms with Crippen LogP contribution in [-0.2, 0) is 16.1 Å². The summed E-state index contributed by atoms with van der Waals surface area (Å²) in [6.07, 6.45) is 0. The van der Waals surface area contributed by atoms with Crippen molar-refractivity contribution in [2.75, 3.05) is 19.8 Å². The predicted octanol–water partition coefficient (Wildman–Crippen LogP) is 7.00. The molecular formula is C28H29Cl2NO6. The zero-order valence-corrected chi connectivity index (χ0v) is 23.0. The van der Waals surface area contributed by atoms with Gasteiger partial charge in [-0.25, -0.2) is 9.59 Å². The van der Waals surface area contributed by atoms with Crippen LogP contribution < -0.4 is 9.47 Å². The van der Waals surface area contributed by atoms with E-state index in [4.69, 9.17) is 42.1 Å². The molecule has 0 atom stereocenters. The Morgan fingerprint density at radius 2 is 1.35 bits per heavy atom. The zero-order valence-electron chi connectivity index (χ0n) is 21.4. The average molecular weight is 546 g/mol. The van der Waals surface area contributed by atoms with Crippen molar-refractivity contribution in [1.82, 2.24) is 4.98 Å². The number of carbonyl (C=O) groups is 2. The van der Waals surface area contributed by atoms with Gasteiger partial charge in [-0.1, -0.05) is 35.3 Å². The maximum Gasteiger partial charge on any atom is 0.340 e. The Morgan fingerprint density at radius 1 is 0.784 bits per heavy atom. The van der Waals surface area contributed by atoms with E-state index in [-0.39, 0.29) is 30.9 Å². The molecule has 0 radical (unpaired) electrons. The SMILES string of the molecule is CCOC(=O)c1c(C)nc(C)c(C(=O)OCC)c1-c1ccc(OCc2c(Cl)cccc2Cl)c(OCC)c1. The van der Waals surface area contributed by atoms with Crippen molar-refractivity contribution in [1.29, 1.82) is 0 Å². The number of esters is 2. The van der Waals surface area contributed by atoms with E-state index in [9.17, 15) is 9.59 Å². The summed E-state index contributed by atoms with van der Waals surface area (Å²) in [6.45, 7) is 9.48. The van der Waals surface area contributed by atoms with Crippen LogP contribution in [0.2, 0.25) is 10.0 Å². The van der Waals surface area contributed by atoms with Gasteiger partial charge in [-0.3, -0.25) is 4.98 Å². The van der Waals surface area contributed by atoms with Crippen molar-refractivity contribution in [2.45, 2.75) is 41.2 Å². The first kappa shape index (κ1) is 28.3. The Balaban J connectivity index is 2.17. The Hall–Kier alpha value is -3.29. The Bertz CT molecular complexity index is 1250. The molecule has 0 aliphatic heterocycles. The quantitative estimate of drug-likeness (QED) is 0.253. The first-order chi connectivity index (χ1) is 17.7. The summed E-state index contributed by atoms with van der Waals surface area (Å²) in [7, 11) is 0. The Morgan fingerprint density at radius 3 is 1.86 bits per heavy atom. The lowest BCUT2D eigenvalue weighted by Crippen LogP contribution is -2.17. The molecule has 1 aromatic heterocycles. The van der Waals surface area contributed by atoms with Gasteiger partial charge in [0.2, 0.25) is 0 Å². The molecule has 0 unspecified atom stereocenters. The van der Waals surface area contributed by atoms with Gasteiger partial charge < -0.3 is 18.9 Å². The maximum atomic E-state index is 13.0. The monoisotopic (exact) mass is 545 g/mol. The molecule has 0 fully saturated rings. The summed E-state index contributed by atoms with van der Waals surface area (Å²) in [5.41, 5.74) is 2.81. The molecular weight excluding hydrogens is 517 g/mol.